The normalized spacial score (nSPS) is 10.5. The summed E-state index contributed by atoms with van der Waals surface area (Å²) in [6.45, 7) is 0. The number of hydrogen-bond acceptors (Lipinski definition) is 6. The zero-order valence-corrected chi connectivity index (χ0v) is 12.4. The van der Waals surface area contributed by atoms with Crippen molar-refractivity contribution in [1.29, 1.82) is 0 Å². The lowest BCUT2D eigenvalue weighted by atomic mass is 10.1. The smallest absolute Gasteiger partial charge is 0.417 e. The number of methoxy groups -OCH3 is 1. The number of nitro groups is 1. The highest BCUT2D eigenvalue weighted by Crippen LogP contribution is 2.26. The maximum atomic E-state index is 12.5. The van der Waals surface area contributed by atoms with E-state index in [1.807, 2.05) is 0 Å². The number of hydrogen-bond donors (Lipinski definition) is 2. The maximum Gasteiger partial charge on any atom is 0.417 e. The Morgan fingerprint density at radius 2 is 2.12 bits per heavy atom. The minimum atomic E-state index is -0.713. The van der Waals surface area contributed by atoms with Crippen LogP contribution in [-0.4, -0.2) is 22.9 Å². The fourth-order valence-corrected chi connectivity index (χ4v) is 2.25. The van der Waals surface area contributed by atoms with E-state index in [0.717, 1.165) is 0 Å². The molecule has 0 saturated carbocycles. The Morgan fingerprint density at radius 3 is 2.83 bits per heavy atom. The van der Waals surface area contributed by atoms with Gasteiger partial charge in [-0.05, 0) is 24.3 Å². The number of nitrogens with one attached hydrogen (secondary N) is 2. The molecule has 0 radical (unpaired) electrons. The molecule has 2 aromatic carbocycles. The number of aromatic amines is 1. The first-order chi connectivity index (χ1) is 11.5. The van der Waals surface area contributed by atoms with Gasteiger partial charge in [-0.15, -0.1) is 0 Å². The van der Waals surface area contributed by atoms with Gasteiger partial charge in [0.05, 0.1) is 17.7 Å². The van der Waals surface area contributed by atoms with E-state index in [1.54, 1.807) is 12.1 Å². The van der Waals surface area contributed by atoms with Crippen LogP contribution < -0.4 is 15.8 Å². The maximum absolute atomic E-state index is 12.5. The molecule has 2 N–H and O–H groups in total. The van der Waals surface area contributed by atoms with Gasteiger partial charge in [-0.1, -0.05) is 6.07 Å². The van der Waals surface area contributed by atoms with Gasteiger partial charge in [-0.3, -0.25) is 19.9 Å². The molecule has 1 aromatic heterocycles. The van der Waals surface area contributed by atoms with Crippen LogP contribution in [0.3, 0.4) is 0 Å². The molecule has 1 amide bonds. The van der Waals surface area contributed by atoms with Crippen molar-refractivity contribution in [2.24, 2.45) is 0 Å². The molecule has 1 heterocycles. The molecule has 0 atom stereocenters. The second kappa shape index (κ2) is 5.88. The third-order valence-corrected chi connectivity index (χ3v) is 3.35. The van der Waals surface area contributed by atoms with E-state index in [1.165, 1.54) is 31.4 Å². The molecule has 0 unspecified atom stereocenters. The van der Waals surface area contributed by atoms with E-state index in [0.29, 0.717) is 11.3 Å². The van der Waals surface area contributed by atoms with E-state index in [-0.39, 0.29) is 22.5 Å². The molecule has 24 heavy (non-hydrogen) atoms. The quantitative estimate of drug-likeness (QED) is 0.558. The van der Waals surface area contributed by atoms with E-state index in [4.69, 9.17) is 9.15 Å². The number of amides is 1. The number of rotatable bonds is 4. The summed E-state index contributed by atoms with van der Waals surface area (Å²) in [7, 11) is 1.39. The number of nitro benzene ring substituents is 1. The first-order valence-corrected chi connectivity index (χ1v) is 6.75. The molecule has 0 spiro atoms. The second-order valence-corrected chi connectivity index (χ2v) is 4.79. The summed E-state index contributed by atoms with van der Waals surface area (Å²) in [5.41, 5.74) is 0.295. The summed E-state index contributed by atoms with van der Waals surface area (Å²) < 4.78 is 9.90. The number of oxazole rings is 1. The van der Waals surface area contributed by atoms with Crippen LogP contribution in [0.5, 0.6) is 5.75 Å². The minimum Gasteiger partial charge on any atom is -0.497 e. The SMILES string of the molecule is COc1ccc([N+](=O)[O-])c(C(=O)Nc2cccc3oc(=O)[nH]c23)c1. The number of H-pyrrole nitrogens is 1. The Bertz CT molecular complexity index is 1000. The Balaban J connectivity index is 2.03. The number of anilines is 1. The molecular formula is C15H11N3O6. The predicted molar refractivity (Wildman–Crippen MR) is 84.4 cm³/mol. The highest BCUT2D eigenvalue weighted by Gasteiger charge is 2.22. The zero-order chi connectivity index (χ0) is 17.3. The van der Waals surface area contributed by atoms with Crippen LogP contribution in [0.2, 0.25) is 0 Å². The van der Waals surface area contributed by atoms with Crippen molar-refractivity contribution in [2.45, 2.75) is 0 Å². The van der Waals surface area contributed by atoms with Crippen LogP contribution in [0, 0.1) is 10.1 Å². The topological polar surface area (TPSA) is 127 Å². The van der Waals surface area contributed by atoms with Crippen LogP contribution in [-0.2, 0) is 0 Å². The molecule has 0 bridgehead atoms. The molecule has 0 fully saturated rings. The van der Waals surface area contributed by atoms with Gasteiger partial charge in [0.2, 0.25) is 0 Å². The Morgan fingerprint density at radius 1 is 1.33 bits per heavy atom. The average molecular weight is 329 g/mol. The van der Waals surface area contributed by atoms with Crippen LogP contribution in [0.4, 0.5) is 11.4 Å². The highest BCUT2D eigenvalue weighted by molar-refractivity contribution is 6.10. The number of ether oxygens (including phenoxy) is 1. The van der Waals surface area contributed by atoms with E-state index >= 15 is 0 Å². The largest absolute Gasteiger partial charge is 0.497 e. The van der Waals surface area contributed by atoms with Gasteiger partial charge >= 0.3 is 5.76 Å². The molecule has 3 rings (SSSR count). The standard InChI is InChI=1S/C15H11N3O6/c1-23-8-5-6-11(18(21)22)9(7-8)14(19)16-10-3-2-4-12-13(10)17-15(20)24-12/h2-7H,1H3,(H,16,19)(H,17,20). The number of para-hydroxylation sites is 1. The fraction of sp³-hybridized carbons (Fsp3) is 0.0667. The fourth-order valence-electron chi connectivity index (χ4n) is 2.25. The molecule has 9 heteroatoms. The molecule has 0 aliphatic heterocycles. The summed E-state index contributed by atoms with van der Waals surface area (Å²) in [6, 6.07) is 8.52. The Hall–Kier alpha value is -3.62. The first kappa shape index (κ1) is 15.3. The molecule has 9 nitrogen and oxygen atoms in total. The Labute approximate surface area is 134 Å². The summed E-state index contributed by atoms with van der Waals surface area (Å²) in [6.07, 6.45) is 0. The minimum absolute atomic E-state index is 0.165. The van der Waals surface area contributed by atoms with Gasteiger partial charge in [0.25, 0.3) is 11.6 Å². The molecule has 0 aliphatic carbocycles. The van der Waals surface area contributed by atoms with Crippen molar-refractivity contribution in [3.8, 4) is 5.75 Å². The van der Waals surface area contributed by atoms with Crippen molar-refractivity contribution in [2.75, 3.05) is 12.4 Å². The highest BCUT2D eigenvalue weighted by atomic mass is 16.6. The van der Waals surface area contributed by atoms with Crippen molar-refractivity contribution >= 4 is 28.4 Å². The molecule has 0 aliphatic rings. The summed E-state index contributed by atoms with van der Waals surface area (Å²) in [4.78, 5) is 36.7. The molecular weight excluding hydrogens is 318 g/mol. The van der Waals surface area contributed by atoms with E-state index in [9.17, 15) is 19.7 Å². The van der Waals surface area contributed by atoms with Gasteiger partial charge in [0.15, 0.2) is 5.58 Å². The molecule has 122 valence electrons. The number of carbonyl (C=O) groups excluding carboxylic acids is 1. The number of benzene rings is 2. The lowest BCUT2D eigenvalue weighted by molar-refractivity contribution is -0.385. The monoisotopic (exact) mass is 329 g/mol. The second-order valence-electron chi connectivity index (χ2n) is 4.79. The van der Waals surface area contributed by atoms with Crippen LogP contribution in [0.15, 0.2) is 45.6 Å². The van der Waals surface area contributed by atoms with Crippen LogP contribution in [0.1, 0.15) is 10.4 Å². The summed E-state index contributed by atoms with van der Waals surface area (Å²) in [5, 5.41) is 13.6. The first-order valence-electron chi connectivity index (χ1n) is 6.75. The number of nitrogens with zero attached hydrogens (tertiary/aromatic N) is 1. The van der Waals surface area contributed by atoms with Gasteiger partial charge in [0, 0.05) is 6.07 Å². The van der Waals surface area contributed by atoms with E-state index in [2.05, 4.69) is 10.3 Å². The zero-order valence-electron chi connectivity index (χ0n) is 12.4. The molecule has 3 aromatic rings. The van der Waals surface area contributed by atoms with Gasteiger partial charge in [0.1, 0.15) is 16.8 Å². The number of aromatic nitrogens is 1. The molecule has 0 saturated heterocycles. The number of fused-ring (bicyclic) bond motifs is 1. The van der Waals surface area contributed by atoms with Crippen molar-refractivity contribution in [3.05, 3.63) is 62.6 Å². The van der Waals surface area contributed by atoms with Crippen LogP contribution >= 0.6 is 0 Å². The summed E-state index contributed by atoms with van der Waals surface area (Å²) in [5.74, 6) is -1.07. The van der Waals surface area contributed by atoms with Crippen molar-refractivity contribution in [3.63, 3.8) is 0 Å². The van der Waals surface area contributed by atoms with Gasteiger partial charge < -0.3 is 14.5 Å². The average Bonchev–Trinajstić information content (AvgIpc) is 2.95. The van der Waals surface area contributed by atoms with Gasteiger partial charge in [-0.2, -0.15) is 0 Å². The predicted octanol–water partition coefficient (Wildman–Crippen LogP) is 2.29. The van der Waals surface area contributed by atoms with Crippen molar-refractivity contribution < 1.29 is 18.9 Å². The third-order valence-electron chi connectivity index (χ3n) is 3.35. The number of carbonyl (C=O) groups is 1. The third kappa shape index (κ3) is 2.70. The van der Waals surface area contributed by atoms with Crippen molar-refractivity contribution in [1.82, 2.24) is 4.98 Å². The lowest BCUT2D eigenvalue weighted by Gasteiger charge is -2.08. The lowest BCUT2D eigenvalue weighted by Crippen LogP contribution is -2.14. The van der Waals surface area contributed by atoms with Gasteiger partial charge in [-0.25, -0.2) is 4.79 Å². The van der Waals surface area contributed by atoms with Crippen LogP contribution in [0.25, 0.3) is 11.1 Å². The Kier molecular flexibility index (Phi) is 3.74. The summed E-state index contributed by atoms with van der Waals surface area (Å²) >= 11 is 0. The van der Waals surface area contributed by atoms with E-state index < -0.39 is 16.6 Å².